The average molecular weight is 256 g/mol. The maximum atomic E-state index is 12.3. The molecule has 5 nitrogen and oxygen atoms in total. The van der Waals surface area contributed by atoms with Crippen LogP contribution in [0.1, 0.15) is 39.5 Å². The number of carbonyl (C=O) groups is 2. The summed E-state index contributed by atoms with van der Waals surface area (Å²) in [7, 11) is 0. The van der Waals surface area contributed by atoms with E-state index in [2.05, 4.69) is 0 Å². The first-order valence-electron chi connectivity index (χ1n) is 6.81. The maximum absolute atomic E-state index is 12.3. The lowest BCUT2D eigenvalue weighted by molar-refractivity contribution is -0.142. The summed E-state index contributed by atoms with van der Waals surface area (Å²) in [5, 5.41) is 8.83. The highest BCUT2D eigenvalue weighted by atomic mass is 16.4. The Hall–Kier alpha value is -1.10. The van der Waals surface area contributed by atoms with Gasteiger partial charge >= 0.3 is 5.97 Å². The summed E-state index contributed by atoms with van der Waals surface area (Å²) in [5.74, 6) is -0.813. The molecule has 0 bridgehead atoms. The molecule has 18 heavy (non-hydrogen) atoms. The fourth-order valence-electron chi connectivity index (χ4n) is 2.41. The van der Waals surface area contributed by atoms with Gasteiger partial charge in [0.2, 0.25) is 5.91 Å². The fraction of sp³-hybridized carbons (Fsp3) is 0.846. The largest absolute Gasteiger partial charge is 0.480 e. The molecule has 1 rings (SSSR count). The predicted octanol–water partition coefficient (Wildman–Crippen LogP) is 1.18. The van der Waals surface area contributed by atoms with E-state index in [0.717, 1.165) is 25.9 Å². The number of rotatable bonds is 5. The van der Waals surface area contributed by atoms with Crippen LogP contribution in [0.3, 0.4) is 0 Å². The number of likely N-dealkylation sites (tertiary alicyclic amines) is 1. The van der Waals surface area contributed by atoms with E-state index in [4.69, 9.17) is 5.11 Å². The smallest absolute Gasteiger partial charge is 0.317 e. The molecule has 0 spiro atoms. The highest BCUT2D eigenvalue weighted by Gasteiger charge is 2.26. The van der Waals surface area contributed by atoms with E-state index in [1.54, 1.807) is 11.8 Å². The quantitative estimate of drug-likeness (QED) is 0.802. The molecular weight excluding hydrogens is 232 g/mol. The normalized spacial score (nSPS) is 18.5. The van der Waals surface area contributed by atoms with Gasteiger partial charge in [-0.05, 0) is 26.3 Å². The van der Waals surface area contributed by atoms with Crippen molar-refractivity contribution in [2.75, 3.05) is 26.2 Å². The Bertz CT molecular complexity index is 286. The SMILES string of the molecule is CCN(CC(=O)O)C(C)C(=O)N1CCCCCC1. The first-order chi connectivity index (χ1) is 8.56. The third-order valence-corrected chi connectivity index (χ3v) is 3.57. The van der Waals surface area contributed by atoms with Crippen LogP contribution in [0.2, 0.25) is 0 Å². The number of nitrogens with zero attached hydrogens (tertiary/aromatic N) is 2. The van der Waals surface area contributed by atoms with Gasteiger partial charge < -0.3 is 10.0 Å². The predicted molar refractivity (Wildman–Crippen MR) is 69.4 cm³/mol. The van der Waals surface area contributed by atoms with Gasteiger partial charge in [-0.1, -0.05) is 19.8 Å². The summed E-state index contributed by atoms with van der Waals surface area (Å²) in [6.45, 7) is 5.82. The van der Waals surface area contributed by atoms with Gasteiger partial charge in [0.25, 0.3) is 0 Å². The van der Waals surface area contributed by atoms with Gasteiger partial charge in [0.15, 0.2) is 0 Å². The lowest BCUT2D eigenvalue weighted by Crippen LogP contribution is -2.48. The van der Waals surface area contributed by atoms with Crippen molar-refractivity contribution in [3.8, 4) is 0 Å². The number of hydrogen-bond acceptors (Lipinski definition) is 3. The summed E-state index contributed by atoms with van der Waals surface area (Å²) in [4.78, 5) is 26.7. The summed E-state index contributed by atoms with van der Waals surface area (Å²) >= 11 is 0. The van der Waals surface area contributed by atoms with Crippen molar-refractivity contribution in [3.63, 3.8) is 0 Å². The minimum Gasteiger partial charge on any atom is -0.480 e. The number of amides is 1. The van der Waals surface area contributed by atoms with Crippen LogP contribution in [-0.4, -0.2) is 59.0 Å². The molecule has 0 saturated carbocycles. The number of likely N-dealkylation sites (N-methyl/N-ethyl adjacent to an activating group) is 1. The Morgan fingerprint density at radius 2 is 1.78 bits per heavy atom. The van der Waals surface area contributed by atoms with Crippen molar-refractivity contribution in [2.24, 2.45) is 0 Å². The first-order valence-corrected chi connectivity index (χ1v) is 6.81. The van der Waals surface area contributed by atoms with Crippen LogP contribution < -0.4 is 0 Å². The van der Waals surface area contributed by atoms with Gasteiger partial charge in [-0.25, -0.2) is 0 Å². The minimum atomic E-state index is -0.882. The summed E-state index contributed by atoms with van der Waals surface area (Å²) in [6, 6.07) is -0.343. The zero-order chi connectivity index (χ0) is 13.5. The summed E-state index contributed by atoms with van der Waals surface area (Å²) in [5.41, 5.74) is 0. The van der Waals surface area contributed by atoms with Gasteiger partial charge in [0.1, 0.15) is 0 Å². The third kappa shape index (κ3) is 4.29. The van der Waals surface area contributed by atoms with Gasteiger partial charge in [-0.2, -0.15) is 0 Å². The molecule has 5 heteroatoms. The van der Waals surface area contributed by atoms with E-state index in [1.807, 2.05) is 11.8 Å². The van der Waals surface area contributed by atoms with Crippen molar-refractivity contribution in [1.29, 1.82) is 0 Å². The Labute approximate surface area is 109 Å². The lowest BCUT2D eigenvalue weighted by atomic mass is 10.2. The highest BCUT2D eigenvalue weighted by Crippen LogP contribution is 2.12. The van der Waals surface area contributed by atoms with Gasteiger partial charge in [-0.15, -0.1) is 0 Å². The number of carboxylic acid groups (broad SMARTS) is 1. The molecule has 1 unspecified atom stereocenters. The van der Waals surface area contributed by atoms with Crippen molar-refractivity contribution in [3.05, 3.63) is 0 Å². The Balaban J connectivity index is 2.59. The average Bonchev–Trinajstić information content (AvgIpc) is 2.62. The number of carboxylic acids is 1. The molecule has 0 aromatic rings. The zero-order valence-corrected chi connectivity index (χ0v) is 11.4. The van der Waals surface area contributed by atoms with E-state index < -0.39 is 5.97 Å². The van der Waals surface area contributed by atoms with Gasteiger partial charge in [-0.3, -0.25) is 14.5 Å². The van der Waals surface area contributed by atoms with Crippen LogP contribution in [0.25, 0.3) is 0 Å². The zero-order valence-electron chi connectivity index (χ0n) is 11.4. The summed E-state index contributed by atoms with van der Waals surface area (Å²) in [6.07, 6.45) is 4.49. The molecule has 1 saturated heterocycles. The number of carbonyl (C=O) groups excluding carboxylic acids is 1. The standard InChI is InChI=1S/C13H24N2O3/c1-3-14(10-12(16)17)11(2)13(18)15-8-6-4-5-7-9-15/h11H,3-10H2,1-2H3,(H,16,17). The second-order valence-corrected chi connectivity index (χ2v) is 4.87. The number of hydrogen-bond donors (Lipinski definition) is 1. The minimum absolute atomic E-state index is 0.0694. The molecular formula is C13H24N2O3. The van der Waals surface area contributed by atoms with Crippen molar-refractivity contribution >= 4 is 11.9 Å². The van der Waals surface area contributed by atoms with E-state index in [9.17, 15) is 9.59 Å². The second-order valence-electron chi connectivity index (χ2n) is 4.87. The van der Waals surface area contributed by atoms with Crippen LogP contribution in [0, 0.1) is 0 Å². The van der Waals surface area contributed by atoms with Crippen LogP contribution in [0.15, 0.2) is 0 Å². The molecule has 1 atom stereocenters. The molecule has 1 amide bonds. The molecule has 1 aliphatic rings. The molecule has 1 heterocycles. The third-order valence-electron chi connectivity index (χ3n) is 3.57. The highest BCUT2D eigenvalue weighted by molar-refractivity contribution is 5.82. The summed E-state index contributed by atoms with van der Waals surface area (Å²) < 4.78 is 0. The van der Waals surface area contributed by atoms with Crippen LogP contribution >= 0.6 is 0 Å². The Kier molecular flexibility index (Phi) is 6.12. The van der Waals surface area contributed by atoms with E-state index in [0.29, 0.717) is 6.54 Å². The Morgan fingerprint density at radius 1 is 1.22 bits per heavy atom. The first kappa shape index (κ1) is 15.0. The van der Waals surface area contributed by atoms with Crippen molar-refractivity contribution in [2.45, 2.75) is 45.6 Å². The maximum Gasteiger partial charge on any atom is 0.317 e. The number of aliphatic carboxylic acids is 1. The van der Waals surface area contributed by atoms with Gasteiger partial charge in [0, 0.05) is 13.1 Å². The van der Waals surface area contributed by atoms with Crippen LogP contribution in [-0.2, 0) is 9.59 Å². The van der Waals surface area contributed by atoms with E-state index >= 15 is 0 Å². The molecule has 1 aliphatic heterocycles. The van der Waals surface area contributed by atoms with Crippen molar-refractivity contribution in [1.82, 2.24) is 9.80 Å². The monoisotopic (exact) mass is 256 g/mol. The molecule has 1 fully saturated rings. The molecule has 0 radical (unpaired) electrons. The second kappa shape index (κ2) is 7.36. The van der Waals surface area contributed by atoms with Crippen molar-refractivity contribution < 1.29 is 14.7 Å². The molecule has 1 N–H and O–H groups in total. The van der Waals surface area contributed by atoms with E-state index in [1.165, 1.54) is 12.8 Å². The van der Waals surface area contributed by atoms with Gasteiger partial charge in [0.05, 0.1) is 12.6 Å². The molecule has 0 aromatic carbocycles. The molecule has 0 aliphatic carbocycles. The molecule has 0 aromatic heterocycles. The van der Waals surface area contributed by atoms with Crippen LogP contribution in [0.4, 0.5) is 0 Å². The Morgan fingerprint density at radius 3 is 2.22 bits per heavy atom. The van der Waals surface area contributed by atoms with E-state index in [-0.39, 0.29) is 18.5 Å². The fourth-order valence-corrected chi connectivity index (χ4v) is 2.41. The molecule has 104 valence electrons. The lowest BCUT2D eigenvalue weighted by Gasteiger charge is -2.30. The topological polar surface area (TPSA) is 60.9 Å². The van der Waals surface area contributed by atoms with Crippen LogP contribution in [0.5, 0.6) is 0 Å².